The summed E-state index contributed by atoms with van der Waals surface area (Å²) >= 11 is 0. The highest BCUT2D eigenvalue weighted by molar-refractivity contribution is 5.74. The molecule has 0 saturated heterocycles. The van der Waals surface area contributed by atoms with Gasteiger partial charge in [0.1, 0.15) is 6.29 Å². The van der Waals surface area contributed by atoms with Crippen LogP contribution in [0.15, 0.2) is 70.4 Å². The Balaban J connectivity index is 2.30. The van der Waals surface area contributed by atoms with Gasteiger partial charge in [0.15, 0.2) is 0 Å². The minimum Gasteiger partial charge on any atom is -0.396 e. The molecule has 0 unspecified atom stereocenters. The SMILES string of the molecule is CC(C)=C/C=C/C(C)=C/C=C/C(C)=C/[C@@H]1C[C@@H](O)[C@@]2(C1)[C@H](CCCO)/C(=C(\C)C=O)CC[C@]2(C)O. The van der Waals surface area contributed by atoms with E-state index in [0.29, 0.717) is 44.1 Å². The maximum absolute atomic E-state index is 11.7. The number of carbonyl (C=O) groups is 1. The van der Waals surface area contributed by atoms with Crippen molar-refractivity contribution in [2.75, 3.05) is 6.61 Å². The van der Waals surface area contributed by atoms with Gasteiger partial charge < -0.3 is 15.3 Å². The smallest absolute Gasteiger partial charge is 0.145 e. The number of hydrogen-bond donors (Lipinski definition) is 3. The lowest BCUT2D eigenvalue weighted by Gasteiger charge is -2.55. The first kappa shape index (κ1) is 29.2. The molecule has 5 atom stereocenters. The van der Waals surface area contributed by atoms with E-state index in [9.17, 15) is 20.1 Å². The zero-order valence-corrected chi connectivity index (χ0v) is 22.6. The van der Waals surface area contributed by atoms with Gasteiger partial charge in [0, 0.05) is 12.0 Å². The third-order valence-corrected chi connectivity index (χ3v) is 7.99. The normalized spacial score (nSPS) is 33.7. The Morgan fingerprint density at radius 3 is 2.34 bits per heavy atom. The lowest BCUT2D eigenvalue weighted by molar-refractivity contribution is -0.163. The number of rotatable bonds is 9. The van der Waals surface area contributed by atoms with Crippen molar-refractivity contribution in [2.24, 2.45) is 17.3 Å². The first-order valence-electron chi connectivity index (χ1n) is 13.0. The van der Waals surface area contributed by atoms with Gasteiger partial charge in [0.05, 0.1) is 11.7 Å². The van der Waals surface area contributed by atoms with E-state index in [1.54, 1.807) is 0 Å². The Morgan fingerprint density at radius 1 is 1.06 bits per heavy atom. The van der Waals surface area contributed by atoms with E-state index in [1.165, 1.54) is 5.57 Å². The molecule has 0 aromatic carbocycles. The number of aldehydes is 1. The van der Waals surface area contributed by atoms with Gasteiger partial charge in [-0.3, -0.25) is 4.79 Å². The Kier molecular flexibility index (Phi) is 10.7. The van der Waals surface area contributed by atoms with Crippen LogP contribution in [0.2, 0.25) is 0 Å². The van der Waals surface area contributed by atoms with Crippen LogP contribution in [0.5, 0.6) is 0 Å². The highest BCUT2D eigenvalue weighted by atomic mass is 16.3. The molecule has 0 radical (unpaired) electrons. The summed E-state index contributed by atoms with van der Waals surface area (Å²) in [7, 11) is 0. The second-order valence-electron chi connectivity index (χ2n) is 11.1. The molecule has 194 valence electrons. The van der Waals surface area contributed by atoms with Crippen LogP contribution < -0.4 is 0 Å². The number of allylic oxidation sites excluding steroid dienone is 12. The first-order valence-corrected chi connectivity index (χ1v) is 13.0. The molecule has 0 aromatic rings. The fourth-order valence-corrected chi connectivity index (χ4v) is 6.20. The highest BCUT2D eigenvalue weighted by Crippen LogP contribution is 2.62. The average Bonchev–Trinajstić information content (AvgIpc) is 3.10. The van der Waals surface area contributed by atoms with Gasteiger partial charge >= 0.3 is 0 Å². The quantitative estimate of drug-likeness (QED) is 0.209. The Morgan fingerprint density at radius 2 is 1.71 bits per heavy atom. The van der Waals surface area contributed by atoms with E-state index < -0.39 is 17.1 Å². The van der Waals surface area contributed by atoms with Crippen LogP contribution in [0.4, 0.5) is 0 Å². The van der Waals surface area contributed by atoms with Crippen LogP contribution in [0, 0.1) is 17.3 Å². The summed E-state index contributed by atoms with van der Waals surface area (Å²) in [4.78, 5) is 11.7. The summed E-state index contributed by atoms with van der Waals surface area (Å²) < 4.78 is 0. The zero-order chi connectivity index (χ0) is 26.2. The molecule has 2 aliphatic rings. The van der Waals surface area contributed by atoms with E-state index in [1.807, 2.05) is 19.9 Å². The molecular weight excluding hydrogens is 436 g/mol. The van der Waals surface area contributed by atoms with Crippen molar-refractivity contribution < 1.29 is 20.1 Å². The van der Waals surface area contributed by atoms with Gasteiger partial charge in [0.25, 0.3) is 0 Å². The second kappa shape index (κ2) is 12.8. The van der Waals surface area contributed by atoms with Crippen molar-refractivity contribution in [1.82, 2.24) is 0 Å². The molecule has 35 heavy (non-hydrogen) atoms. The lowest BCUT2D eigenvalue weighted by Crippen LogP contribution is -2.58. The van der Waals surface area contributed by atoms with E-state index in [4.69, 9.17) is 0 Å². The summed E-state index contributed by atoms with van der Waals surface area (Å²) in [6, 6.07) is 0. The molecule has 0 bridgehead atoms. The standard InChI is InChI=1S/C31H46O4/c1-22(2)10-7-11-23(3)12-8-13-24(4)18-26-19-29(34)31(20-26)28(14-9-17-32)27(25(5)21-33)15-16-30(31,6)35/h7-8,10-13,18,21,26,28-29,32,34-35H,9,14-17,19-20H2,1-6H3/b11-7+,13-8+,23-12+,24-18+,27-25+/t26-,28-,29-,30+,31-/m1/s1. The number of aliphatic hydroxyl groups excluding tert-OH is 2. The van der Waals surface area contributed by atoms with Crippen molar-refractivity contribution >= 4 is 6.29 Å². The lowest BCUT2D eigenvalue weighted by atomic mass is 9.53. The van der Waals surface area contributed by atoms with Gasteiger partial charge in [-0.15, -0.1) is 0 Å². The molecule has 2 aliphatic carbocycles. The van der Waals surface area contributed by atoms with Crippen molar-refractivity contribution in [1.29, 1.82) is 0 Å². The van der Waals surface area contributed by atoms with Crippen LogP contribution in [0.25, 0.3) is 0 Å². The number of aliphatic hydroxyl groups is 3. The van der Waals surface area contributed by atoms with E-state index in [2.05, 4.69) is 64.2 Å². The summed E-state index contributed by atoms with van der Waals surface area (Å²) in [5, 5.41) is 32.6. The highest BCUT2D eigenvalue weighted by Gasteiger charge is 2.62. The largest absolute Gasteiger partial charge is 0.396 e. The zero-order valence-electron chi connectivity index (χ0n) is 22.6. The molecule has 0 heterocycles. The minimum absolute atomic E-state index is 0.0575. The van der Waals surface area contributed by atoms with Crippen molar-refractivity contribution in [2.45, 2.75) is 91.8 Å². The summed E-state index contributed by atoms with van der Waals surface area (Å²) in [6.45, 7) is 12.0. The molecular formula is C31H46O4. The molecule has 4 heteroatoms. The van der Waals surface area contributed by atoms with Gasteiger partial charge in [-0.1, -0.05) is 64.8 Å². The van der Waals surface area contributed by atoms with E-state index >= 15 is 0 Å². The number of carbonyl (C=O) groups excluding carboxylic acids is 1. The van der Waals surface area contributed by atoms with Gasteiger partial charge in [0.2, 0.25) is 0 Å². The molecule has 1 spiro atoms. The second-order valence-corrected chi connectivity index (χ2v) is 11.1. The molecule has 3 N–H and O–H groups in total. The summed E-state index contributed by atoms with van der Waals surface area (Å²) in [5.74, 6) is 0.0160. The molecule has 0 aliphatic heterocycles. The molecule has 0 amide bonds. The number of hydrogen-bond acceptors (Lipinski definition) is 4. The van der Waals surface area contributed by atoms with Crippen molar-refractivity contribution in [3.05, 3.63) is 70.4 Å². The summed E-state index contributed by atoms with van der Waals surface area (Å²) in [5.41, 5.74) is 3.53. The van der Waals surface area contributed by atoms with Gasteiger partial charge in [-0.05, 0) is 97.5 Å². The minimum atomic E-state index is -1.04. The topological polar surface area (TPSA) is 77.8 Å². The van der Waals surface area contributed by atoms with E-state index in [-0.39, 0.29) is 18.4 Å². The Labute approximate surface area is 212 Å². The van der Waals surface area contributed by atoms with Gasteiger partial charge in [-0.2, -0.15) is 0 Å². The molecule has 2 fully saturated rings. The van der Waals surface area contributed by atoms with Crippen LogP contribution >= 0.6 is 0 Å². The average molecular weight is 483 g/mol. The Bertz CT molecular complexity index is 924. The van der Waals surface area contributed by atoms with Gasteiger partial charge in [-0.25, -0.2) is 0 Å². The fourth-order valence-electron chi connectivity index (χ4n) is 6.20. The monoisotopic (exact) mass is 482 g/mol. The fraction of sp³-hybridized carbons (Fsp3) is 0.581. The van der Waals surface area contributed by atoms with Crippen molar-refractivity contribution in [3.8, 4) is 0 Å². The Hall–Kier alpha value is -2.01. The molecule has 0 aromatic heterocycles. The predicted molar refractivity (Wildman–Crippen MR) is 145 cm³/mol. The van der Waals surface area contributed by atoms with Crippen LogP contribution in [-0.4, -0.2) is 39.9 Å². The summed E-state index contributed by atoms with van der Waals surface area (Å²) in [6.07, 6.45) is 18.5. The maximum atomic E-state index is 11.7. The third kappa shape index (κ3) is 7.03. The van der Waals surface area contributed by atoms with Crippen LogP contribution in [0.1, 0.15) is 80.1 Å². The van der Waals surface area contributed by atoms with Crippen molar-refractivity contribution in [3.63, 3.8) is 0 Å². The van der Waals surface area contributed by atoms with Crippen LogP contribution in [-0.2, 0) is 4.79 Å². The third-order valence-electron chi connectivity index (χ3n) is 7.99. The molecule has 2 rings (SSSR count). The predicted octanol–water partition coefficient (Wildman–Crippen LogP) is 6.16. The van der Waals surface area contributed by atoms with E-state index in [0.717, 1.165) is 23.0 Å². The molecule has 4 nitrogen and oxygen atoms in total. The molecule has 2 saturated carbocycles. The maximum Gasteiger partial charge on any atom is 0.145 e. The first-order chi connectivity index (χ1) is 16.5. The van der Waals surface area contributed by atoms with Crippen LogP contribution in [0.3, 0.4) is 0 Å².